The van der Waals surface area contributed by atoms with Gasteiger partial charge in [0.1, 0.15) is 0 Å². The van der Waals surface area contributed by atoms with Gasteiger partial charge in [-0.15, -0.1) is 0 Å². The Morgan fingerprint density at radius 2 is 2.05 bits per heavy atom. The smallest absolute Gasteiger partial charge is 0.234 e. The summed E-state index contributed by atoms with van der Waals surface area (Å²) in [6, 6.07) is 2.78. The summed E-state index contributed by atoms with van der Waals surface area (Å²) in [4.78, 5) is 11.8. The van der Waals surface area contributed by atoms with Crippen molar-refractivity contribution in [1.82, 2.24) is 24.6 Å². The van der Waals surface area contributed by atoms with Gasteiger partial charge in [0.15, 0.2) is 0 Å². The second-order valence-electron chi connectivity index (χ2n) is 5.99. The highest BCUT2D eigenvalue weighted by Gasteiger charge is 2.20. The molecule has 2 aromatic rings. The third kappa shape index (κ3) is 3.09. The zero-order valence-corrected chi connectivity index (χ0v) is 13.3. The van der Waals surface area contributed by atoms with Gasteiger partial charge >= 0.3 is 0 Å². The number of aryl methyl sites for hydroxylation is 2. The summed E-state index contributed by atoms with van der Waals surface area (Å²) >= 11 is 0. The number of fused-ring (bicyclic) bond motifs is 1. The number of piperidine rings is 1. The first kappa shape index (κ1) is 14.5. The fourth-order valence-electron chi connectivity index (χ4n) is 3.27. The molecule has 0 unspecified atom stereocenters. The molecule has 1 N–H and O–H groups in total. The molecule has 3 heterocycles. The molecule has 0 amide bonds. The molecule has 0 aromatic carbocycles. The van der Waals surface area contributed by atoms with Crippen LogP contribution in [0.5, 0.6) is 0 Å². The topological polar surface area (TPSA) is 45.5 Å². The van der Waals surface area contributed by atoms with Crippen molar-refractivity contribution in [3.8, 4) is 0 Å². The van der Waals surface area contributed by atoms with Crippen molar-refractivity contribution in [2.75, 3.05) is 19.6 Å². The Hall–Kier alpha value is -1.46. The summed E-state index contributed by atoms with van der Waals surface area (Å²) in [7, 11) is 0. The molecule has 5 nitrogen and oxygen atoms in total. The van der Waals surface area contributed by atoms with E-state index >= 15 is 0 Å². The maximum Gasteiger partial charge on any atom is 0.234 e. The Kier molecular flexibility index (Phi) is 4.22. The standard InChI is InChI=1S/C16H25N5/c1-4-20(15-5-7-17-8-6-15)10-14-11-21-13(3)9-12(2)18-16(21)19-14/h9,11,15,17H,4-8,10H2,1-3H3. The van der Waals surface area contributed by atoms with Crippen LogP contribution < -0.4 is 5.32 Å². The van der Waals surface area contributed by atoms with E-state index in [2.05, 4.69) is 45.7 Å². The monoisotopic (exact) mass is 287 g/mol. The van der Waals surface area contributed by atoms with Gasteiger partial charge in [-0.25, -0.2) is 9.97 Å². The van der Waals surface area contributed by atoms with E-state index in [0.717, 1.165) is 43.3 Å². The Labute approximate surface area is 126 Å². The van der Waals surface area contributed by atoms with Crippen LogP contribution in [0.25, 0.3) is 5.78 Å². The van der Waals surface area contributed by atoms with Crippen LogP contribution in [0.2, 0.25) is 0 Å². The largest absolute Gasteiger partial charge is 0.317 e. The summed E-state index contributed by atoms with van der Waals surface area (Å²) in [6.07, 6.45) is 4.61. The zero-order chi connectivity index (χ0) is 14.8. The first-order valence-electron chi connectivity index (χ1n) is 7.94. The summed E-state index contributed by atoms with van der Waals surface area (Å²) in [5, 5.41) is 3.44. The van der Waals surface area contributed by atoms with E-state index in [4.69, 9.17) is 4.98 Å². The van der Waals surface area contributed by atoms with E-state index in [0.29, 0.717) is 6.04 Å². The van der Waals surface area contributed by atoms with E-state index in [1.165, 1.54) is 18.5 Å². The number of nitrogens with one attached hydrogen (secondary N) is 1. The molecule has 114 valence electrons. The number of hydrogen-bond donors (Lipinski definition) is 1. The van der Waals surface area contributed by atoms with Crippen molar-refractivity contribution in [2.24, 2.45) is 0 Å². The average Bonchev–Trinajstić information content (AvgIpc) is 2.88. The van der Waals surface area contributed by atoms with Gasteiger partial charge < -0.3 is 5.32 Å². The third-order valence-electron chi connectivity index (χ3n) is 4.41. The van der Waals surface area contributed by atoms with Crippen LogP contribution in [0.15, 0.2) is 12.3 Å². The van der Waals surface area contributed by atoms with Crippen molar-refractivity contribution in [3.63, 3.8) is 0 Å². The molecule has 5 heteroatoms. The molecule has 0 aliphatic carbocycles. The van der Waals surface area contributed by atoms with Crippen LogP contribution >= 0.6 is 0 Å². The number of rotatable bonds is 4. The lowest BCUT2D eigenvalue weighted by molar-refractivity contribution is 0.160. The van der Waals surface area contributed by atoms with E-state index in [-0.39, 0.29) is 0 Å². The highest BCUT2D eigenvalue weighted by Crippen LogP contribution is 2.16. The molecule has 0 saturated carbocycles. The third-order valence-corrected chi connectivity index (χ3v) is 4.41. The molecule has 0 radical (unpaired) electrons. The maximum atomic E-state index is 4.71. The van der Waals surface area contributed by atoms with Gasteiger partial charge in [0.05, 0.1) is 5.69 Å². The van der Waals surface area contributed by atoms with Gasteiger partial charge in [-0.3, -0.25) is 9.30 Å². The molecule has 1 aliphatic rings. The fraction of sp³-hybridized carbons (Fsp3) is 0.625. The molecule has 1 saturated heterocycles. The lowest BCUT2D eigenvalue weighted by Crippen LogP contribution is -2.42. The van der Waals surface area contributed by atoms with Crippen molar-refractivity contribution in [1.29, 1.82) is 0 Å². The summed E-state index contributed by atoms with van der Waals surface area (Å²) in [5.41, 5.74) is 3.35. The van der Waals surface area contributed by atoms with Gasteiger partial charge in [-0.05, 0) is 52.4 Å². The molecule has 2 aromatic heterocycles. The number of hydrogen-bond acceptors (Lipinski definition) is 4. The highest BCUT2D eigenvalue weighted by atomic mass is 15.2. The average molecular weight is 287 g/mol. The van der Waals surface area contributed by atoms with Crippen LogP contribution in [0.3, 0.4) is 0 Å². The molecule has 1 aliphatic heterocycles. The first-order valence-corrected chi connectivity index (χ1v) is 7.94. The van der Waals surface area contributed by atoms with E-state index in [1.54, 1.807) is 0 Å². The van der Waals surface area contributed by atoms with Gasteiger partial charge in [-0.1, -0.05) is 6.92 Å². The van der Waals surface area contributed by atoms with Crippen LogP contribution in [0.4, 0.5) is 0 Å². The first-order chi connectivity index (χ1) is 10.2. The Bertz CT molecular complexity index is 612. The van der Waals surface area contributed by atoms with E-state index in [1.807, 2.05) is 6.92 Å². The number of aromatic nitrogens is 3. The van der Waals surface area contributed by atoms with Gasteiger partial charge in [0.2, 0.25) is 5.78 Å². The van der Waals surface area contributed by atoms with Crippen molar-refractivity contribution in [2.45, 2.75) is 46.2 Å². The minimum Gasteiger partial charge on any atom is -0.317 e. The zero-order valence-electron chi connectivity index (χ0n) is 13.3. The molecular weight excluding hydrogens is 262 g/mol. The van der Waals surface area contributed by atoms with Crippen LogP contribution in [0.1, 0.15) is 36.8 Å². The normalized spacial score (nSPS) is 17.0. The van der Waals surface area contributed by atoms with Crippen LogP contribution in [-0.4, -0.2) is 44.9 Å². The molecule has 0 atom stereocenters. The number of imidazole rings is 1. The molecule has 0 spiro atoms. The molecule has 1 fully saturated rings. The second-order valence-corrected chi connectivity index (χ2v) is 5.99. The minimum absolute atomic E-state index is 0.678. The van der Waals surface area contributed by atoms with E-state index in [9.17, 15) is 0 Å². The lowest BCUT2D eigenvalue weighted by atomic mass is 10.0. The minimum atomic E-state index is 0.678. The lowest BCUT2D eigenvalue weighted by Gasteiger charge is -2.33. The van der Waals surface area contributed by atoms with Crippen molar-refractivity contribution < 1.29 is 0 Å². The Morgan fingerprint density at radius 3 is 2.76 bits per heavy atom. The molecule has 21 heavy (non-hydrogen) atoms. The van der Waals surface area contributed by atoms with Crippen molar-refractivity contribution >= 4 is 5.78 Å². The summed E-state index contributed by atoms with van der Waals surface area (Å²) in [6.45, 7) is 10.6. The predicted octanol–water partition coefficient (Wildman–Crippen LogP) is 1.92. The quantitative estimate of drug-likeness (QED) is 0.933. The summed E-state index contributed by atoms with van der Waals surface area (Å²) in [5.74, 6) is 0.823. The van der Waals surface area contributed by atoms with Crippen molar-refractivity contribution in [3.05, 3.63) is 29.3 Å². The van der Waals surface area contributed by atoms with Gasteiger partial charge in [0.25, 0.3) is 0 Å². The van der Waals surface area contributed by atoms with Crippen LogP contribution in [-0.2, 0) is 6.54 Å². The fourth-order valence-corrected chi connectivity index (χ4v) is 3.27. The van der Waals surface area contributed by atoms with E-state index < -0.39 is 0 Å². The SMILES string of the molecule is CCN(Cc1cn2c(C)cc(C)nc2n1)C1CCNCC1. The predicted molar refractivity (Wildman–Crippen MR) is 84.4 cm³/mol. The molecular formula is C16H25N5. The Balaban J connectivity index is 1.81. The maximum absolute atomic E-state index is 4.71. The van der Waals surface area contributed by atoms with Gasteiger partial charge in [0, 0.05) is 30.2 Å². The second kappa shape index (κ2) is 6.12. The summed E-state index contributed by atoms with van der Waals surface area (Å²) < 4.78 is 2.10. The van der Waals surface area contributed by atoms with Crippen LogP contribution in [0, 0.1) is 13.8 Å². The van der Waals surface area contributed by atoms with Gasteiger partial charge in [-0.2, -0.15) is 0 Å². The number of nitrogens with zero attached hydrogens (tertiary/aromatic N) is 4. The highest BCUT2D eigenvalue weighted by molar-refractivity contribution is 5.34. The Morgan fingerprint density at radius 1 is 1.29 bits per heavy atom. The molecule has 0 bridgehead atoms. The molecule has 3 rings (SSSR count).